The molecule has 0 aliphatic carbocycles. The predicted octanol–water partition coefficient (Wildman–Crippen LogP) is 3.98. The Morgan fingerprint density at radius 3 is 2.65 bits per heavy atom. The minimum atomic E-state index is -0.120. The van der Waals surface area contributed by atoms with Gasteiger partial charge in [0.1, 0.15) is 0 Å². The first-order chi connectivity index (χ1) is 9.63. The van der Waals surface area contributed by atoms with Crippen molar-refractivity contribution in [1.82, 2.24) is 5.32 Å². The topological polar surface area (TPSA) is 29.1 Å². The van der Waals surface area contributed by atoms with E-state index in [-0.39, 0.29) is 5.91 Å². The van der Waals surface area contributed by atoms with Gasteiger partial charge < -0.3 is 5.32 Å². The van der Waals surface area contributed by atoms with Crippen molar-refractivity contribution in [3.8, 4) is 0 Å². The third-order valence-corrected chi connectivity index (χ3v) is 3.10. The van der Waals surface area contributed by atoms with Gasteiger partial charge in [0.25, 0.3) is 0 Å². The molecule has 2 nitrogen and oxygen atoms in total. The summed E-state index contributed by atoms with van der Waals surface area (Å²) in [6.45, 7) is 2.56. The number of benzene rings is 2. The third-order valence-electron chi connectivity index (χ3n) is 2.86. The summed E-state index contributed by atoms with van der Waals surface area (Å²) in [7, 11) is 0. The van der Waals surface area contributed by atoms with Gasteiger partial charge in [0.05, 0.1) is 0 Å². The summed E-state index contributed by atoms with van der Waals surface area (Å²) in [5, 5.41) is 3.50. The van der Waals surface area contributed by atoms with Crippen molar-refractivity contribution in [2.75, 3.05) is 0 Å². The maximum absolute atomic E-state index is 11.7. The van der Waals surface area contributed by atoms with E-state index in [1.54, 1.807) is 12.1 Å². The number of carbonyl (C=O) groups excluding carboxylic acids is 1. The first kappa shape index (κ1) is 14.4. The molecule has 0 atom stereocenters. The summed E-state index contributed by atoms with van der Waals surface area (Å²) in [6.07, 6.45) is 3.26. The van der Waals surface area contributed by atoms with Gasteiger partial charge in [0, 0.05) is 17.6 Å². The van der Waals surface area contributed by atoms with Crippen molar-refractivity contribution in [2.45, 2.75) is 13.5 Å². The van der Waals surface area contributed by atoms with E-state index < -0.39 is 0 Å². The Kier molecular flexibility index (Phi) is 4.97. The normalized spacial score (nSPS) is 10.7. The van der Waals surface area contributed by atoms with E-state index in [0.717, 1.165) is 11.1 Å². The number of hydrogen-bond acceptors (Lipinski definition) is 1. The Balaban J connectivity index is 1.88. The monoisotopic (exact) mass is 285 g/mol. The molecule has 0 saturated carbocycles. The fraction of sp³-hybridized carbons (Fsp3) is 0.118. The molecule has 1 N–H and O–H groups in total. The van der Waals surface area contributed by atoms with Crippen molar-refractivity contribution in [1.29, 1.82) is 0 Å². The Hall–Kier alpha value is -2.06. The van der Waals surface area contributed by atoms with E-state index in [0.29, 0.717) is 11.6 Å². The Bertz CT molecular complexity index is 617. The third kappa shape index (κ3) is 4.56. The van der Waals surface area contributed by atoms with Gasteiger partial charge in [-0.25, -0.2) is 0 Å². The molecule has 0 aliphatic heterocycles. The van der Waals surface area contributed by atoms with Gasteiger partial charge in [-0.15, -0.1) is 0 Å². The van der Waals surface area contributed by atoms with E-state index in [4.69, 9.17) is 11.6 Å². The molecular weight excluding hydrogens is 270 g/mol. The first-order valence-corrected chi connectivity index (χ1v) is 6.78. The molecule has 3 heteroatoms. The first-order valence-electron chi connectivity index (χ1n) is 6.40. The fourth-order valence-electron chi connectivity index (χ4n) is 1.74. The van der Waals surface area contributed by atoms with Gasteiger partial charge in [0.15, 0.2) is 0 Å². The second kappa shape index (κ2) is 6.92. The van der Waals surface area contributed by atoms with Crippen LogP contribution in [-0.2, 0) is 11.3 Å². The number of hydrogen-bond donors (Lipinski definition) is 1. The summed E-state index contributed by atoms with van der Waals surface area (Å²) in [6, 6.07) is 15.4. The van der Waals surface area contributed by atoms with Crippen molar-refractivity contribution in [3.05, 3.63) is 76.3 Å². The molecule has 2 aromatic rings. The molecule has 0 bridgehead atoms. The van der Waals surface area contributed by atoms with Crippen molar-refractivity contribution >= 4 is 23.6 Å². The molecule has 0 saturated heterocycles. The maximum atomic E-state index is 11.7. The molecule has 0 fully saturated rings. The lowest BCUT2D eigenvalue weighted by atomic mass is 10.1. The van der Waals surface area contributed by atoms with Crippen LogP contribution in [0.2, 0.25) is 5.02 Å². The highest BCUT2D eigenvalue weighted by atomic mass is 35.5. The van der Waals surface area contributed by atoms with E-state index in [1.807, 2.05) is 49.4 Å². The fourth-order valence-corrected chi connectivity index (χ4v) is 1.93. The lowest BCUT2D eigenvalue weighted by Gasteiger charge is -2.03. The number of aryl methyl sites for hydroxylation is 1. The molecule has 0 radical (unpaired) electrons. The summed E-state index contributed by atoms with van der Waals surface area (Å²) in [5.41, 5.74) is 3.20. The molecular formula is C17H16ClNO. The second-order valence-corrected chi connectivity index (χ2v) is 5.03. The van der Waals surface area contributed by atoms with E-state index in [9.17, 15) is 4.79 Å². The number of nitrogens with one attached hydrogen (secondary N) is 1. The molecule has 2 rings (SSSR count). The largest absolute Gasteiger partial charge is 0.348 e. The van der Waals surface area contributed by atoms with Gasteiger partial charge >= 0.3 is 0 Å². The SMILES string of the molecule is Cc1ccc(CNC(=O)C=Cc2cccc(Cl)c2)cc1. The van der Waals surface area contributed by atoms with Crippen molar-refractivity contribution in [3.63, 3.8) is 0 Å². The molecule has 0 aromatic heterocycles. The van der Waals surface area contributed by atoms with Crippen LogP contribution in [0.3, 0.4) is 0 Å². The zero-order valence-corrected chi connectivity index (χ0v) is 12.0. The molecule has 102 valence electrons. The minimum absolute atomic E-state index is 0.120. The number of amides is 1. The second-order valence-electron chi connectivity index (χ2n) is 4.59. The predicted molar refractivity (Wildman–Crippen MR) is 83.5 cm³/mol. The highest BCUT2D eigenvalue weighted by Crippen LogP contribution is 2.11. The minimum Gasteiger partial charge on any atom is -0.348 e. The van der Waals surface area contributed by atoms with E-state index >= 15 is 0 Å². The van der Waals surface area contributed by atoms with Crippen molar-refractivity contribution < 1.29 is 4.79 Å². The number of halogens is 1. The highest BCUT2D eigenvalue weighted by molar-refractivity contribution is 6.30. The van der Waals surface area contributed by atoms with Crippen LogP contribution >= 0.6 is 11.6 Å². The van der Waals surface area contributed by atoms with Crippen LogP contribution in [0, 0.1) is 6.92 Å². The van der Waals surface area contributed by atoms with Crippen molar-refractivity contribution in [2.24, 2.45) is 0 Å². The lowest BCUT2D eigenvalue weighted by Crippen LogP contribution is -2.20. The van der Waals surface area contributed by atoms with Gasteiger partial charge in [-0.1, -0.05) is 53.6 Å². The molecule has 0 heterocycles. The Labute approximate surface area is 124 Å². The Morgan fingerprint density at radius 2 is 1.95 bits per heavy atom. The molecule has 0 unspecified atom stereocenters. The summed E-state index contributed by atoms with van der Waals surface area (Å²) >= 11 is 5.88. The number of carbonyl (C=O) groups is 1. The van der Waals surface area contributed by atoms with Gasteiger partial charge in [0.2, 0.25) is 5.91 Å². The van der Waals surface area contributed by atoms with Crippen LogP contribution < -0.4 is 5.32 Å². The van der Waals surface area contributed by atoms with Crippen LogP contribution in [-0.4, -0.2) is 5.91 Å². The average Bonchev–Trinajstić information content (AvgIpc) is 2.45. The standard InChI is InChI=1S/C17H16ClNO/c1-13-5-7-15(8-6-13)12-19-17(20)10-9-14-3-2-4-16(18)11-14/h2-11H,12H2,1H3,(H,19,20). The lowest BCUT2D eigenvalue weighted by molar-refractivity contribution is -0.116. The van der Waals surface area contributed by atoms with Crippen LogP contribution in [0.4, 0.5) is 0 Å². The highest BCUT2D eigenvalue weighted by Gasteiger charge is 1.97. The smallest absolute Gasteiger partial charge is 0.244 e. The summed E-state index contributed by atoms with van der Waals surface area (Å²) in [4.78, 5) is 11.7. The summed E-state index contributed by atoms with van der Waals surface area (Å²) in [5.74, 6) is -0.120. The van der Waals surface area contributed by atoms with E-state index in [1.165, 1.54) is 11.6 Å². The Morgan fingerprint density at radius 1 is 1.20 bits per heavy atom. The average molecular weight is 286 g/mol. The quantitative estimate of drug-likeness (QED) is 0.846. The van der Waals surface area contributed by atoms with Crippen LogP contribution in [0.15, 0.2) is 54.6 Å². The maximum Gasteiger partial charge on any atom is 0.244 e. The molecule has 1 amide bonds. The molecule has 20 heavy (non-hydrogen) atoms. The van der Waals surface area contributed by atoms with Crippen LogP contribution in [0.5, 0.6) is 0 Å². The molecule has 0 spiro atoms. The zero-order chi connectivity index (χ0) is 14.4. The van der Waals surface area contributed by atoms with Crippen LogP contribution in [0.25, 0.3) is 6.08 Å². The van der Waals surface area contributed by atoms with Gasteiger partial charge in [-0.2, -0.15) is 0 Å². The van der Waals surface area contributed by atoms with Gasteiger partial charge in [-0.05, 0) is 36.3 Å². The summed E-state index contributed by atoms with van der Waals surface area (Å²) < 4.78 is 0. The van der Waals surface area contributed by atoms with Crippen LogP contribution in [0.1, 0.15) is 16.7 Å². The molecule has 2 aromatic carbocycles. The molecule has 0 aliphatic rings. The van der Waals surface area contributed by atoms with E-state index in [2.05, 4.69) is 5.32 Å². The van der Waals surface area contributed by atoms with Gasteiger partial charge in [-0.3, -0.25) is 4.79 Å². The number of rotatable bonds is 4. The zero-order valence-electron chi connectivity index (χ0n) is 11.3.